The third-order valence-electron chi connectivity index (χ3n) is 2.01. The van der Waals surface area contributed by atoms with Crippen molar-refractivity contribution >= 4 is 0 Å². The van der Waals surface area contributed by atoms with Gasteiger partial charge < -0.3 is 20.4 Å². The van der Waals surface area contributed by atoms with Crippen LogP contribution in [0.25, 0.3) is 0 Å². The molecule has 0 spiro atoms. The van der Waals surface area contributed by atoms with Gasteiger partial charge in [0.1, 0.15) is 18.3 Å². The monoisotopic (exact) mass is 214 g/mol. The highest BCUT2D eigenvalue weighted by molar-refractivity contribution is 5.05. The number of hydrogen-bond acceptors (Lipinski definition) is 6. The van der Waals surface area contributed by atoms with E-state index in [1.807, 2.05) is 0 Å². The smallest absolute Gasteiger partial charge is 0.126 e. The van der Waals surface area contributed by atoms with Crippen molar-refractivity contribution in [2.45, 2.75) is 25.2 Å². The van der Waals surface area contributed by atoms with E-state index in [0.29, 0.717) is 5.69 Å². The lowest BCUT2D eigenvalue weighted by atomic mass is 10.1. The van der Waals surface area contributed by atoms with Crippen molar-refractivity contribution in [1.82, 2.24) is 9.97 Å². The van der Waals surface area contributed by atoms with Gasteiger partial charge in [0.2, 0.25) is 0 Å². The fourth-order valence-corrected chi connectivity index (χ4v) is 1.05. The molecule has 0 bridgehead atoms. The van der Waals surface area contributed by atoms with Gasteiger partial charge in [0.05, 0.1) is 24.2 Å². The van der Waals surface area contributed by atoms with E-state index in [2.05, 4.69) is 9.97 Å². The van der Waals surface area contributed by atoms with Crippen molar-refractivity contribution in [3.8, 4) is 0 Å². The summed E-state index contributed by atoms with van der Waals surface area (Å²) < 4.78 is 0. The largest absolute Gasteiger partial charge is 0.394 e. The molecule has 0 fully saturated rings. The third kappa shape index (κ3) is 2.93. The van der Waals surface area contributed by atoms with Crippen LogP contribution in [0.3, 0.4) is 0 Å². The van der Waals surface area contributed by atoms with E-state index < -0.39 is 24.9 Å². The highest BCUT2D eigenvalue weighted by Crippen LogP contribution is 2.15. The van der Waals surface area contributed by atoms with E-state index in [1.165, 1.54) is 12.4 Å². The number of hydrogen-bond donors (Lipinski definition) is 4. The van der Waals surface area contributed by atoms with Gasteiger partial charge in [-0.3, -0.25) is 9.97 Å². The Morgan fingerprint density at radius 3 is 2.33 bits per heavy atom. The molecule has 0 amide bonds. The Bertz CT molecular complexity index is 303. The van der Waals surface area contributed by atoms with Crippen molar-refractivity contribution in [1.29, 1.82) is 0 Å². The van der Waals surface area contributed by atoms with Crippen molar-refractivity contribution in [3.63, 3.8) is 0 Å². The fourth-order valence-electron chi connectivity index (χ4n) is 1.05. The van der Waals surface area contributed by atoms with E-state index in [-0.39, 0.29) is 5.69 Å². The highest BCUT2D eigenvalue weighted by Gasteiger charge is 2.26. The van der Waals surface area contributed by atoms with Gasteiger partial charge in [-0.25, -0.2) is 0 Å². The molecule has 1 aromatic rings. The van der Waals surface area contributed by atoms with Gasteiger partial charge in [-0.2, -0.15) is 0 Å². The zero-order chi connectivity index (χ0) is 11.4. The summed E-state index contributed by atoms with van der Waals surface area (Å²) in [5, 5.41) is 36.6. The number of nitrogens with zero attached hydrogens (tertiary/aromatic N) is 2. The van der Waals surface area contributed by atoms with Crippen LogP contribution in [0.15, 0.2) is 12.4 Å². The second-order valence-electron chi connectivity index (χ2n) is 3.27. The zero-order valence-corrected chi connectivity index (χ0v) is 8.28. The Morgan fingerprint density at radius 2 is 1.87 bits per heavy atom. The summed E-state index contributed by atoms with van der Waals surface area (Å²) >= 11 is 0. The number of aryl methyl sites for hydroxylation is 1. The Labute approximate surface area is 86.9 Å². The maximum atomic E-state index is 9.56. The highest BCUT2D eigenvalue weighted by atomic mass is 16.4. The second-order valence-corrected chi connectivity index (χ2v) is 3.27. The molecular weight excluding hydrogens is 200 g/mol. The zero-order valence-electron chi connectivity index (χ0n) is 8.28. The average molecular weight is 214 g/mol. The van der Waals surface area contributed by atoms with Gasteiger partial charge in [0, 0.05) is 6.20 Å². The van der Waals surface area contributed by atoms with Crippen LogP contribution in [-0.2, 0) is 0 Å². The first-order valence-electron chi connectivity index (χ1n) is 4.50. The predicted octanol–water partition coefficient (Wildman–Crippen LogP) is -1.47. The summed E-state index contributed by atoms with van der Waals surface area (Å²) in [6.45, 7) is 1.11. The van der Waals surface area contributed by atoms with Crippen molar-refractivity contribution < 1.29 is 20.4 Å². The molecule has 15 heavy (non-hydrogen) atoms. The van der Waals surface area contributed by atoms with Crippen LogP contribution < -0.4 is 0 Å². The summed E-state index contributed by atoms with van der Waals surface area (Å²) in [6, 6.07) is 0. The van der Waals surface area contributed by atoms with E-state index in [4.69, 9.17) is 10.2 Å². The number of aliphatic hydroxyl groups excluding tert-OH is 4. The Balaban J connectivity index is 2.75. The molecule has 6 nitrogen and oxygen atoms in total. The van der Waals surface area contributed by atoms with Crippen LogP contribution in [0.2, 0.25) is 0 Å². The first kappa shape index (κ1) is 12.0. The molecule has 0 aliphatic carbocycles. The number of aromatic nitrogens is 2. The van der Waals surface area contributed by atoms with Crippen LogP contribution in [0.1, 0.15) is 17.5 Å². The van der Waals surface area contributed by atoms with E-state index >= 15 is 0 Å². The molecule has 0 aliphatic heterocycles. The van der Waals surface area contributed by atoms with E-state index in [9.17, 15) is 10.2 Å². The van der Waals surface area contributed by atoms with Crippen molar-refractivity contribution in [3.05, 3.63) is 23.8 Å². The van der Waals surface area contributed by atoms with Crippen LogP contribution in [0.5, 0.6) is 0 Å². The van der Waals surface area contributed by atoms with Crippen LogP contribution in [-0.4, -0.2) is 49.2 Å². The van der Waals surface area contributed by atoms with Crippen LogP contribution in [0.4, 0.5) is 0 Å². The molecule has 0 aliphatic rings. The molecule has 1 aromatic heterocycles. The van der Waals surface area contributed by atoms with Crippen molar-refractivity contribution in [2.24, 2.45) is 0 Å². The van der Waals surface area contributed by atoms with Gasteiger partial charge >= 0.3 is 0 Å². The Morgan fingerprint density at radius 1 is 1.20 bits per heavy atom. The molecule has 3 atom stereocenters. The number of aliphatic hydroxyl groups is 4. The number of rotatable bonds is 4. The first-order valence-corrected chi connectivity index (χ1v) is 4.50. The van der Waals surface area contributed by atoms with Gasteiger partial charge in [-0.05, 0) is 6.92 Å². The van der Waals surface area contributed by atoms with Gasteiger partial charge in [0.15, 0.2) is 0 Å². The minimum absolute atomic E-state index is 0.153. The second kappa shape index (κ2) is 5.13. The van der Waals surface area contributed by atoms with Gasteiger partial charge in [-0.15, -0.1) is 0 Å². The molecule has 0 radical (unpaired) electrons. The molecule has 0 aromatic carbocycles. The molecule has 0 saturated heterocycles. The maximum Gasteiger partial charge on any atom is 0.126 e. The summed E-state index contributed by atoms with van der Waals surface area (Å²) in [7, 11) is 0. The summed E-state index contributed by atoms with van der Waals surface area (Å²) in [6.07, 6.45) is -1.49. The van der Waals surface area contributed by atoms with Crippen LogP contribution >= 0.6 is 0 Å². The fraction of sp³-hybridized carbons (Fsp3) is 0.556. The first-order chi connectivity index (χ1) is 7.06. The molecule has 4 N–H and O–H groups in total. The molecule has 0 saturated carbocycles. The topological polar surface area (TPSA) is 107 Å². The lowest BCUT2D eigenvalue weighted by molar-refractivity contribution is -0.0790. The molecule has 1 rings (SSSR count). The standard InChI is InChI=1S/C9H14N2O4/c1-5-2-11-6(3-10-5)8(14)9(15)7(13)4-12/h2-3,7-9,12-15H,4H2,1H3. The normalized spacial score (nSPS) is 17.1. The molecule has 3 unspecified atom stereocenters. The van der Waals surface area contributed by atoms with Gasteiger partial charge in [0.25, 0.3) is 0 Å². The Hall–Kier alpha value is -1.08. The van der Waals surface area contributed by atoms with Crippen LogP contribution in [0, 0.1) is 6.92 Å². The molecule has 1 heterocycles. The molecular formula is C9H14N2O4. The summed E-state index contributed by atoms with van der Waals surface area (Å²) in [5.41, 5.74) is 0.837. The van der Waals surface area contributed by atoms with Gasteiger partial charge in [-0.1, -0.05) is 0 Å². The molecule has 6 heteroatoms. The lowest BCUT2D eigenvalue weighted by Gasteiger charge is -2.20. The predicted molar refractivity (Wildman–Crippen MR) is 50.8 cm³/mol. The Kier molecular flexibility index (Phi) is 4.10. The maximum absolute atomic E-state index is 9.56. The third-order valence-corrected chi connectivity index (χ3v) is 2.01. The SMILES string of the molecule is Cc1cnc(C(O)C(O)C(O)CO)cn1. The minimum atomic E-state index is -1.48. The average Bonchev–Trinajstić information content (AvgIpc) is 2.27. The quantitative estimate of drug-likeness (QED) is 0.487. The van der Waals surface area contributed by atoms with E-state index in [0.717, 1.165) is 0 Å². The van der Waals surface area contributed by atoms with E-state index in [1.54, 1.807) is 6.92 Å². The summed E-state index contributed by atoms with van der Waals surface area (Å²) in [4.78, 5) is 7.74. The molecule has 84 valence electrons. The van der Waals surface area contributed by atoms with Crippen molar-refractivity contribution in [2.75, 3.05) is 6.61 Å². The summed E-state index contributed by atoms with van der Waals surface area (Å²) in [5.74, 6) is 0. The minimum Gasteiger partial charge on any atom is -0.394 e. The lowest BCUT2D eigenvalue weighted by Crippen LogP contribution is -2.35.